The van der Waals surface area contributed by atoms with Gasteiger partial charge in [-0.05, 0) is 42.5 Å². The van der Waals surface area contributed by atoms with Gasteiger partial charge < -0.3 is 4.90 Å². The lowest BCUT2D eigenvalue weighted by Gasteiger charge is -2.31. The van der Waals surface area contributed by atoms with Crippen molar-refractivity contribution < 1.29 is 4.79 Å². The standard InChI is InChI=1S/C15H16BrNO/c16-14-6-5-11-7-8-17(10-13(11)9-14)15(18)12-3-1-2-4-12/h1-2,5-6,9,12H,3-4,7-8,10H2. The van der Waals surface area contributed by atoms with E-state index in [4.69, 9.17) is 0 Å². The van der Waals surface area contributed by atoms with Crippen molar-refractivity contribution in [3.8, 4) is 0 Å². The number of hydrogen-bond donors (Lipinski definition) is 0. The third-order valence-corrected chi connectivity index (χ3v) is 4.34. The van der Waals surface area contributed by atoms with Gasteiger partial charge in [0.2, 0.25) is 5.91 Å². The first kappa shape index (κ1) is 12.0. The summed E-state index contributed by atoms with van der Waals surface area (Å²) in [6.45, 7) is 1.63. The molecule has 1 aliphatic carbocycles. The fourth-order valence-corrected chi connectivity index (χ4v) is 3.20. The van der Waals surface area contributed by atoms with Crippen LogP contribution in [0.2, 0.25) is 0 Å². The molecule has 18 heavy (non-hydrogen) atoms. The summed E-state index contributed by atoms with van der Waals surface area (Å²) in [6, 6.07) is 6.39. The number of halogens is 1. The van der Waals surface area contributed by atoms with E-state index in [1.165, 1.54) is 11.1 Å². The number of rotatable bonds is 1. The average Bonchev–Trinajstić information content (AvgIpc) is 2.90. The van der Waals surface area contributed by atoms with Crippen molar-refractivity contribution in [2.45, 2.75) is 25.8 Å². The first-order chi connectivity index (χ1) is 8.74. The number of benzene rings is 1. The molecule has 3 heteroatoms. The first-order valence-corrected chi connectivity index (χ1v) is 7.24. The molecule has 2 nitrogen and oxygen atoms in total. The van der Waals surface area contributed by atoms with E-state index in [1.54, 1.807) is 0 Å². The summed E-state index contributed by atoms with van der Waals surface area (Å²) in [5, 5.41) is 0. The molecule has 1 aliphatic heterocycles. The van der Waals surface area contributed by atoms with Crippen LogP contribution < -0.4 is 0 Å². The van der Waals surface area contributed by atoms with Crippen molar-refractivity contribution in [1.82, 2.24) is 4.90 Å². The Kier molecular flexibility index (Phi) is 3.25. The van der Waals surface area contributed by atoms with E-state index in [2.05, 4.69) is 46.3 Å². The number of hydrogen-bond acceptors (Lipinski definition) is 1. The van der Waals surface area contributed by atoms with Gasteiger partial charge in [-0.3, -0.25) is 4.79 Å². The van der Waals surface area contributed by atoms with Gasteiger partial charge in [-0.15, -0.1) is 0 Å². The highest BCUT2D eigenvalue weighted by atomic mass is 79.9. The quantitative estimate of drug-likeness (QED) is 0.729. The van der Waals surface area contributed by atoms with E-state index in [1.807, 2.05) is 4.90 Å². The van der Waals surface area contributed by atoms with E-state index in [0.717, 1.165) is 36.8 Å². The Morgan fingerprint density at radius 1 is 1.22 bits per heavy atom. The van der Waals surface area contributed by atoms with Gasteiger partial charge in [-0.1, -0.05) is 34.1 Å². The highest BCUT2D eigenvalue weighted by Crippen LogP contribution is 2.26. The van der Waals surface area contributed by atoms with Crippen molar-refractivity contribution in [2.24, 2.45) is 5.92 Å². The van der Waals surface area contributed by atoms with Gasteiger partial charge in [0.05, 0.1) is 0 Å². The third kappa shape index (κ3) is 2.24. The first-order valence-electron chi connectivity index (χ1n) is 6.45. The maximum atomic E-state index is 12.4. The van der Waals surface area contributed by atoms with Crippen molar-refractivity contribution in [3.05, 3.63) is 46.0 Å². The summed E-state index contributed by atoms with van der Waals surface area (Å²) in [6.07, 6.45) is 7.06. The van der Waals surface area contributed by atoms with Gasteiger partial charge in [-0.2, -0.15) is 0 Å². The van der Waals surface area contributed by atoms with Crippen LogP contribution in [-0.4, -0.2) is 17.4 Å². The second-order valence-corrected chi connectivity index (χ2v) is 5.98. The monoisotopic (exact) mass is 305 g/mol. The van der Waals surface area contributed by atoms with Crippen LogP contribution in [0.25, 0.3) is 0 Å². The predicted octanol–water partition coefficient (Wildman–Crippen LogP) is 3.30. The van der Waals surface area contributed by atoms with Gasteiger partial charge in [-0.25, -0.2) is 0 Å². The van der Waals surface area contributed by atoms with E-state index in [-0.39, 0.29) is 5.92 Å². The van der Waals surface area contributed by atoms with Gasteiger partial charge in [0.1, 0.15) is 0 Å². The second kappa shape index (κ2) is 4.88. The van der Waals surface area contributed by atoms with Gasteiger partial charge in [0, 0.05) is 23.5 Å². The molecular formula is C15H16BrNO. The molecule has 0 aromatic heterocycles. The second-order valence-electron chi connectivity index (χ2n) is 5.06. The van der Waals surface area contributed by atoms with Crippen LogP contribution in [0.5, 0.6) is 0 Å². The molecule has 0 saturated carbocycles. The molecule has 0 bridgehead atoms. The van der Waals surface area contributed by atoms with Crippen molar-refractivity contribution >= 4 is 21.8 Å². The topological polar surface area (TPSA) is 20.3 Å². The molecule has 1 aromatic rings. The van der Waals surface area contributed by atoms with Crippen LogP contribution in [0.3, 0.4) is 0 Å². The van der Waals surface area contributed by atoms with Gasteiger partial charge in [0.15, 0.2) is 0 Å². The molecule has 1 heterocycles. The normalized spacial score (nSPS) is 19.1. The zero-order chi connectivity index (χ0) is 12.5. The van der Waals surface area contributed by atoms with Crippen LogP contribution in [0, 0.1) is 5.92 Å². The summed E-state index contributed by atoms with van der Waals surface area (Å²) in [5.74, 6) is 0.518. The Morgan fingerprint density at radius 3 is 2.78 bits per heavy atom. The molecule has 0 fully saturated rings. The molecule has 0 atom stereocenters. The van der Waals surface area contributed by atoms with Crippen molar-refractivity contribution in [3.63, 3.8) is 0 Å². The average molecular weight is 306 g/mol. The zero-order valence-electron chi connectivity index (χ0n) is 10.2. The molecule has 0 spiro atoms. The Bertz CT molecular complexity index is 501. The number of carbonyl (C=O) groups is 1. The number of carbonyl (C=O) groups excluding carboxylic acids is 1. The molecule has 0 unspecified atom stereocenters. The molecule has 1 aromatic carbocycles. The van der Waals surface area contributed by atoms with Crippen LogP contribution in [0.1, 0.15) is 24.0 Å². The molecule has 0 saturated heterocycles. The van der Waals surface area contributed by atoms with E-state index < -0.39 is 0 Å². The number of nitrogens with zero attached hydrogens (tertiary/aromatic N) is 1. The summed E-state index contributed by atoms with van der Waals surface area (Å²) in [7, 11) is 0. The lowest BCUT2D eigenvalue weighted by atomic mass is 9.97. The smallest absolute Gasteiger partial charge is 0.226 e. The molecule has 0 radical (unpaired) electrons. The van der Waals surface area contributed by atoms with Crippen molar-refractivity contribution in [2.75, 3.05) is 6.54 Å². The third-order valence-electron chi connectivity index (χ3n) is 3.85. The van der Waals surface area contributed by atoms with E-state index in [0.29, 0.717) is 5.91 Å². The molecular weight excluding hydrogens is 290 g/mol. The SMILES string of the molecule is O=C(C1CC=CC1)N1CCc2ccc(Br)cc2C1. The Labute approximate surface area is 116 Å². The van der Waals surface area contributed by atoms with Crippen LogP contribution >= 0.6 is 15.9 Å². The van der Waals surface area contributed by atoms with Crippen LogP contribution in [-0.2, 0) is 17.8 Å². The number of fused-ring (bicyclic) bond motifs is 1. The number of allylic oxidation sites excluding steroid dienone is 2. The largest absolute Gasteiger partial charge is 0.338 e. The Morgan fingerprint density at radius 2 is 2.00 bits per heavy atom. The zero-order valence-corrected chi connectivity index (χ0v) is 11.8. The van der Waals surface area contributed by atoms with Gasteiger partial charge in [0.25, 0.3) is 0 Å². The lowest BCUT2D eigenvalue weighted by Crippen LogP contribution is -2.39. The Balaban J connectivity index is 1.75. The molecule has 1 amide bonds. The maximum Gasteiger partial charge on any atom is 0.226 e. The highest BCUT2D eigenvalue weighted by Gasteiger charge is 2.27. The maximum absolute atomic E-state index is 12.4. The minimum atomic E-state index is 0.193. The minimum absolute atomic E-state index is 0.193. The lowest BCUT2D eigenvalue weighted by molar-refractivity contribution is -0.136. The summed E-state index contributed by atoms with van der Waals surface area (Å²) < 4.78 is 1.10. The van der Waals surface area contributed by atoms with E-state index in [9.17, 15) is 4.79 Å². The molecule has 3 rings (SSSR count). The Hall–Kier alpha value is -1.09. The molecule has 94 valence electrons. The predicted molar refractivity (Wildman–Crippen MR) is 75.1 cm³/mol. The molecule has 0 N–H and O–H groups in total. The number of amides is 1. The van der Waals surface area contributed by atoms with E-state index >= 15 is 0 Å². The minimum Gasteiger partial charge on any atom is -0.338 e. The summed E-state index contributed by atoms with van der Waals surface area (Å²) >= 11 is 3.50. The van der Waals surface area contributed by atoms with Crippen LogP contribution in [0.15, 0.2) is 34.8 Å². The van der Waals surface area contributed by atoms with Gasteiger partial charge >= 0.3 is 0 Å². The highest BCUT2D eigenvalue weighted by molar-refractivity contribution is 9.10. The van der Waals surface area contributed by atoms with Crippen LogP contribution in [0.4, 0.5) is 0 Å². The summed E-state index contributed by atoms with van der Waals surface area (Å²) in [5.41, 5.74) is 2.67. The fraction of sp³-hybridized carbons (Fsp3) is 0.400. The summed E-state index contributed by atoms with van der Waals surface area (Å²) in [4.78, 5) is 14.4. The van der Waals surface area contributed by atoms with Crippen molar-refractivity contribution in [1.29, 1.82) is 0 Å². The fourth-order valence-electron chi connectivity index (χ4n) is 2.79. The molecule has 2 aliphatic rings.